The standard InChI is InChI=1S/C13H13F3N2/c14-13(15,16)7-5-11(17)9-6-8-18-12-4-2-1-3-10(9)12/h1-4,6,8,11H,5,7,17H2. The highest BCUT2D eigenvalue weighted by molar-refractivity contribution is 5.82. The SMILES string of the molecule is NC(CCC(F)(F)F)c1ccnc2ccccc12. The third-order valence-electron chi connectivity index (χ3n) is 2.82. The minimum Gasteiger partial charge on any atom is -0.324 e. The van der Waals surface area contributed by atoms with E-state index in [1.165, 1.54) is 0 Å². The molecule has 2 nitrogen and oxygen atoms in total. The van der Waals surface area contributed by atoms with Crippen molar-refractivity contribution < 1.29 is 13.2 Å². The van der Waals surface area contributed by atoms with Crippen molar-refractivity contribution in [3.63, 3.8) is 0 Å². The molecule has 0 amide bonds. The number of hydrogen-bond acceptors (Lipinski definition) is 2. The molecule has 5 heteroatoms. The van der Waals surface area contributed by atoms with E-state index >= 15 is 0 Å². The minimum atomic E-state index is -4.17. The van der Waals surface area contributed by atoms with E-state index in [4.69, 9.17) is 5.73 Å². The average Bonchev–Trinajstić information content (AvgIpc) is 2.34. The summed E-state index contributed by atoms with van der Waals surface area (Å²) in [5, 5.41) is 0.815. The van der Waals surface area contributed by atoms with Gasteiger partial charge in [-0.1, -0.05) is 18.2 Å². The van der Waals surface area contributed by atoms with E-state index in [0.717, 1.165) is 10.9 Å². The van der Waals surface area contributed by atoms with Gasteiger partial charge in [0.05, 0.1) is 5.52 Å². The number of fused-ring (bicyclic) bond motifs is 1. The first-order valence-corrected chi connectivity index (χ1v) is 5.63. The van der Waals surface area contributed by atoms with E-state index in [9.17, 15) is 13.2 Å². The van der Waals surface area contributed by atoms with Crippen molar-refractivity contribution in [1.82, 2.24) is 4.98 Å². The van der Waals surface area contributed by atoms with E-state index in [-0.39, 0.29) is 6.42 Å². The van der Waals surface area contributed by atoms with Crippen LogP contribution in [0.3, 0.4) is 0 Å². The van der Waals surface area contributed by atoms with Crippen molar-refractivity contribution in [1.29, 1.82) is 0 Å². The first-order chi connectivity index (χ1) is 8.47. The molecule has 0 saturated carbocycles. The Kier molecular flexibility index (Phi) is 3.52. The van der Waals surface area contributed by atoms with Crippen LogP contribution in [0.4, 0.5) is 13.2 Å². The summed E-state index contributed by atoms with van der Waals surface area (Å²) in [5.41, 5.74) is 7.30. The molecule has 96 valence electrons. The normalized spacial score (nSPS) is 13.8. The molecule has 1 aromatic carbocycles. The topological polar surface area (TPSA) is 38.9 Å². The molecule has 18 heavy (non-hydrogen) atoms. The summed E-state index contributed by atoms with van der Waals surface area (Å²) < 4.78 is 36.5. The largest absolute Gasteiger partial charge is 0.389 e. The van der Waals surface area contributed by atoms with Gasteiger partial charge in [0, 0.05) is 24.0 Å². The lowest BCUT2D eigenvalue weighted by Gasteiger charge is -2.15. The van der Waals surface area contributed by atoms with Gasteiger partial charge in [-0.05, 0) is 24.1 Å². The second-order valence-electron chi connectivity index (χ2n) is 4.18. The molecule has 0 aliphatic rings. The van der Waals surface area contributed by atoms with Crippen LogP contribution >= 0.6 is 0 Å². The molecule has 0 fully saturated rings. The Bertz CT molecular complexity index is 532. The highest BCUT2D eigenvalue weighted by Gasteiger charge is 2.28. The average molecular weight is 254 g/mol. The maximum absolute atomic E-state index is 12.2. The van der Waals surface area contributed by atoms with Crippen LogP contribution in [0, 0.1) is 0 Å². The zero-order valence-electron chi connectivity index (χ0n) is 9.61. The smallest absolute Gasteiger partial charge is 0.324 e. The lowest BCUT2D eigenvalue weighted by molar-refractivity contribution is -0.136. The van der Waals surface area contributed by atoms with Crippen LogP contribution in [-0.4, -0.2) is 11.2 Å². The fourth-order valence-electron chi connectivity index (χ4n) is 1.92. The summed E-state index contributed by atoms with van der Waals surface area (Å²) in [6.45, 7) is 0. The van der Waals surface area contributed by atoms with Crippen LogP contribution in [-0.2, 0) is 0 Å². The Morgan fingerprint density at radius 3 is 2.61 bits per heavy atom. The number of hydrogen-bond donors (Lipinski definition) is 1. The molecule has 0 aliphatic heterocycles. The summed E-state index contributed by atoms with van der Waals surface area (Å²) in [7, 11) is 0. The molecule has 0 aliphatic carbocycles. The maximum Gasteiger partial charge on any atom is 0.389 e. The van der Waals surface area contributed by atoms with Crippen LogP contribution in [0.15, 0.2) is 36.5 Å². The van der Waals surface area contributed by atoms with Gasteiger partial charge in [-0.3, -0.25) is 4.98 Å². The molecule has 1 atom stereocenters. The third-order valence-corrected chi connectivity index (χ3v) is 2.82. The van der Waals surface area contributed by atoms with E-state index in [0.29, 0.717) is 5.56 Å². The van der Waals surface area contributed by atoms with E-state index in [1.807, 2.05) is 24.3 Å². The van der Waals surface area contributed by atoms with Crippen molar-refractivity contribution in [3.05, 3.63) is 42.1 Å². The summed E-state index contributed by atoms with van der Waals surface area (Å²) in [6.07, 6.45) is -3.58. The molecule has 0 radical (unpaired) electrons. The molecule has 1 unspecified atom stereocenters. The van der Waals surface area contributed by atoms with Crippen molar-refractivity contribution in [2.24, 2.45) is 5.73 Å². The number of para-hydroxylation sites is 1. The molecule has 2 aromatic rings. The summed E-state index contributed by atoms with van der Waals surface area (Å²) in [4.78, 5) is 4.16. The first kappa shape index (κ1) is 12.8. The van der Waals surface area contributed by atoms with Gasteiger partial charge in [0.15, 0.2) is 0 Å². The predicted octanol–water partition coefficient (Wildman–Crippen LogP) is 3.58. The zero-order chi connectivity index (χ0) is 13.2. The van der Waals surface area contributed by atoms with E-state index in [2.05, 4.69) is 4.98 Å². The molecule has 0 spiro atoms. The van der Waals surface area contributed by atoms with E-state index < -0.39 is 18.6 Å². The van der Waals surface area contributed by atoms with Gasteiger partial charge in [-0.15, -0.1) is 0 Å². The van der Waals surface area contributed by atoms with Gasteiger partial charge in [-0.25, -0.2) is 0 Å². The molecule has 1 aromatic heterocycles. The molecule has 2 rings (SSSR count). The fraction of sp³-hybridized carbons (Fsp3) is 0.308. The van der Waals surface area contributed by atoms with Crippen LogP contribution in [0.25, 0.3) is 10.9 Å². The van der Waals surface area contributed by atoms with Gasteiger partial charge in [0.2, 0.25) is 0 Å². The van der Waals surface area contributed by atoms with Gasteiger partial charge < -0.3 is 5.73 Å². The number of nitrogens with zero attached hydrogens (tertiary/aromatic N) is 1. The van der Waals surface area contributed by atoms with Crippen molar-refractivity contribution >= 4 is 10.9 Å². The highest BCUT2D eigenvalue weighted by Crippen LogP contribution is 2.29. The van der Waals surface area contributed by atoms with Crippen molar-refractivity contribution in [3.8, 4) is 0 Å². The fourth-order valence-corrected chi connectivity index (χ4v) is 1.92. The molecular formula is C13H13F3N2. The van der Waals surface area contributed by atoms with E-state index in [1.54, 1.807) is 12.3 Å². The molecule has 0 bridgehead atoms. The van der Waals surface area contributed by atoms with Gasteiger partial charge in [-0.2, -0.15) is 13.2 Å². The third kappa shape index (κ3) is 2.98. The Hall–Kier alpha value is -1.62. The minimum absolute atomic E-state index is 0.114. The number of benzene rings is 1. The second kappa shape index (κ2) is 4.94. The van der Waals surface area contributed by atoms with Gasteiger partial charge in [0.25, 0.3) is 0 Å². The maximum atomic E-state index is 12.2. The Morgan fingerprint density at radius 1 is 1.17 bits per heavy atom. The monoisotopic (exact) mass is 254 g/mol. The lowest BCUT2D eigenvalue weighted by atomic mass is 9.99. The summed E-state index contributed by atoms with van der Waals surface area (Å²) in [5.74, 6) is 0. The van der Waals surface area contributed by atoms with Crippen molar-refractivity contribution in [2.45, 2.75) is 25.1 Å². The lowest BCUT2D eigenvalue weighted by Crippen LogP contribution is -2.16. The van der Waals surface area contributed by atoms with Crippen LogP contribution in [0.1, 0.15) is 24.4 Å². The molecular weight excluding hydrogens is 241 g/mol. The number of halogens is 3. The van der Waals surface area contributed by atoms with Crippen LogP contribution in [0.5, 0.6) is 0 Å². The van der Waals surface area contributed by atoms with Crippen LogP contribution < -0.4 is 5.73 Å². The highest BCUT2D eigenvalue weighted by atomic mass is 19.4. The summed E-state index contributed by atoms with van der Waals surface area (Å²) >= 11 is 0. The van der Waals surface area contributed by atoms with Crippen molar-refractivity contribution in [2.75, 3.05) is 0 Å². The number of rotatable bonds is 3. The zero-order valence-corrected chi connectivity index (χ0v) is 9.61. The van der Waals surface area contributed by atoms with Crippen LogP contribution in [0.2, 0.25) is 0 Å². The number of alkyl halides is 3. The quantitative estimate of drug-likeness (QED) is 0.909. The number of pyridine rings is 1. The number of aromatic nitrogens is 1. The Labute approximate surface area is 103 Å². The first-order valence-electron chi connectivity index (χ1n) is 5.63. The Balaban J connectivity index is 2.25. The predicted molar refractivity (Wildman–Crippen MR) is 64.0 cm³/mol. The summed E-state index contributed by atoms with van der Waals surface area (Å²) in [6, 6.07) is 8.35. The number of nitrogens with two attached hydrogens (primary N) is 1. The molecule has 0 saturated heterocycles. The Morgan fingerprint density at radius 2 is 1.89 bits per heavy atom. The van der Waals surface area contributed by atoms with Gasteiger partial charge >= 0.3 is 6.18 Å². The molecule has 2 N–H and O–H groups in total. The second-order valence-corrected chi connectivity index (χ2v) is 4.18. The van der Waals surface area contributed by atoms with Gasteiger partial charge in [0.1, 0.15) is 0 Å². The molecule has 1 heterocycles.